The van der Waals surface area contributed by atoms with Gasteiger partial charge in [-0.3, -0.25) is 13.8 Å². The number of phosphoric acid groups is 1. The highest BCUT2D eigenvalue weighted by molar-refractivity contribution is 7.47. The second kappa shape index (κ2) is 35.9. The van der Waals surface area contributed by atoms with Gasteiger partial charge in [-0.2, -0.15) is 0 Å². The average molecular weight is 766 g/mol. The first-order chi connectivity index (χ1) is 25.5. The van der Waals surface area contributed by atoms with Gasteiger partial charge in [-0.25, -0.2) is 4.57 Å². The summed E-state index contributed by atoms with van der Waals surface area (Å²) in [5.74, 6) is -0.204. The maximum Gasteiger partial charge on any atom is 0.472 e. The van der Waals surface area contributed by atoms with Crippen molar-refractivity contribution in [1.82, 2.24) is 5.32 Å². The van der Waals surface area contributed by atoms with Crippen molar-refractivity contribution < 1.29 is 32.9 Å². The Morgan fingerprint density at radius 3 is 1.58 bits per heavy atom. The maximum absolute atomic E-state index is 12.8. The van der Waals surface area contributed by atoms with Gasteiger partial charge >= 0.3 is 7.82 Å². The lowest BCUT2D eigenvalue weighted by atomic mass is 10.0. The van der Waals surface area contributed by atoms with Crippen molar-refractivity contribution in [3.63, 3.8) is 0 Å². The first-order valence-electron chi connectivity index (χ1n) is 21.2. The van der Waals surface area contributed by atoms with Gasteiger partial charge in [0.25, 0.3) is 0 Å². The predicted molar refractivity (Wildman–Crippen MR) is 226 cm³/mol. The number of hydrogen-bond acceptors (Lipinski definition) is 5. The Kier molecular flexibility index (Phi) is 34.7. The molecule has 9 heteroatoms. The first-order valence-corrected chi connectivity index (χ1v) is 22.6. The largest absolute Gasteiger partial charge is 0.472 e. The topological polar surface area (TPSA) is 105 Å². The Hall–Kier alpha value is -1.80. The zero-order valence-corrected chi connectivity index (χ0v) is 35.6. The fourth-order valence-electron chi connectivity index (χ4n) is 5.67. The van der Waals surface area contributed by atoms with E-state index in [4.69, 9.17) is 9.05 Å². The van der Waals surface area contributed by atoms with Crippen LogP contribution in [0.1, 0.15) is 162 Å². The number of carbonyl (C=O) groups is 1. The summed E-state index contributed by atoms with van der Waals surface area (Å²) in [7, 11) is 1.57. The Morgan fingerprint density at radius 2 is 1.11 bits per heavy atom. The minimum absolute atomic E-state index is 0.0612. The van der Waals surface area contributed by atoms with Crippen LogP contribution in [0, 0.1) is 0 Å². The summed E-state index contributed by atoms with van der Waals surface area (Å²) < 4.78 is 23.5. The molecule has 0 bridgehead atoms. The van der Waals surface area contributed by atoms with E-state index >= 15 is 0 Å². The summed E-state index contributed by atoms with van der Waals surface area (Å²) in [5.41, 5.74) is 0. The van der Waals surface area contributed by atoms with E-state index in [1.165, 1.54) is 70.6 Å². The Balaban J connectivity index is 4.53. The predicted octanol–water partition coefficient (Wildman–Crippen LogP) is 11.5. The number of unbranched alkanes of at least 4 members (excludes halogenated alkanes) is 14. The fourth-order valence-corrected chi connectivity index (χ4v) is 6.40. The first kappa shape index (κ1) is 51.2. The zero-order chi connectivity index (χ0) is 39.3. The molecule has 0 heterocycles. The van der Waals surface area contributed by atoms with Gasteiger partial charge in [0.05, 0.1) is 39.9 Å². The molecule has 0 rings (SSSR count). The van der Waals surface area contributed by atoms with E-state index in [9.17, 15) is 19.4 Å². The number of nitrogens with zero attached hydrogens (tertiary/aromatic N) is 1. The van der Waals surface area contributed by atoms with Gasteiger partial charge in [-0.15, -0.1) is 0 Å². The molecule has 1 amide bonds. The molecule has 3 atom stereocenters. The van der Waals surface area contributed by atoms with Gasteiger partial charge in [-0.05, 0) is 51.4 Å². The SMILES string of the molecule is CC/C=C\C/C=C\C/C=C\C/C=C\C/C=C\CCCC(=O)NC(COP(=O)(O)OCC[N+](C)(C)C)C(O)CCCCCCCCCCCCCCCC. The van der Waals surface area contributed by atoms with Crippen molar-refractivity contribution in [2.75, 3.05) is 40.9 Å². The fraction of sp³-hybridized carbons (Fsp3) is 0.750. The lowest BCUT2D eigenvalue weighted by Gasteiger charge is -2.26. The molecule has 308 valence electrons. The lowest BCUT2D eigenvalue weighted by molar-refractivity contribution is -0.870. The van der Waals surface area contributed by atoms with Crippen LogP contribution in [0.5, 0.6) is 0 Å². The molecule has 3 unspecified atom stereocenters. The number of aliphatic hydroxyl groups excluding tert-OH is 1. The van der Waals surface area contributed by atoms with E-state index < -0.39 is 20.0 Å². The average Bonchev–Trinajstić information content (AvgIpc) is 3.10. The molecular weight excluding hydrogens is 683 g/mol. The van der Waals surface area contributed by atoms with Gasteiger partial charge in [0, 0.05) is 6.42 Å². The van der Waals surface area contributed by atoms with E-state index in [1.54, 1.807) is 0 Å². The van der Waals surface area contributed by atoms with Gasteiger partial charge in [0.15, 0.2) is 0 Å². The number of hydrogen-bond donors (Lipinski definition) is 3. The molecule has 0 radical (unpaired) electrons. The molecule has 0 spiro atoms. The van der Waals surface area contributed by atoms with E-state index in [1.807, 2.05) is 21.1 Å². The van der Waals surface area contributed by atoms with Crippen LogP contribution in [0.25, 0.3) is 0 Å². The van der Waals surface area contributed by atoms with Crippen molar-refractivity contribution in [3.05, 3.63) is 60.8 Å². The molecule has 0 saturated heterocycles. The highest BCUT2D eigenvalue weighted by Crippen LogP contribution is 2.43. The molecule has 0 aliphatic carbocycles. The number of likely N-dealkylation sites (N-methyl/N-ethyl adjacent to an activating group) is 1. The number of quaternary nitrogens is 1. The van der Waals surface area contributed by atoms with E-state index in [0.29, 0.717) is 30.3 Å². The van der Waals surface area contributed by atoms with E-state index in [-0.39, 0.29) is 19.1 Å². The highest BCUT2D eigenvalue weighted by atomic mass is 31.2. The molecule has 0 aromatic carbocycles. The Labute approximate surface area is 326 Å². The monoisotopic (exact) mass is 766 g/mol. The number of phosphoric ester groups is 1. The molecule has 0 aliphatic rings. The van der Waals surface area contributed by atoms with Crippen molar-refractivity contribution in [2.24, 2.45) is 0 Å². The number of aliphatic hydroxyl groups is 1. The van der Waals surface area contributed by atoms with Gasteiger partial charge < -0.3 is 19.8 Å². The van der Waals surface area contributed by atoms with Crippen LogP contribution < -0.4 is 5.32 Å². The third kappa shape index (κ3) is 38.3. The van der Waals surface area contributed by atoms with E-state index in [0.717, 1.165) is 57.8 Å². The van der Waals surface area contributed by atoms with Crippen LogP contribution in [0.4, 0.5) is 0 Å². The smallest absolute Gasteiger partial charge is 0.391 e. The van der Waals surface area contributed by atoms with Crippen molar-refractivity contribution in [2.45, 2.75) is 174 Å². The van der Waals surface area contributed by atoms with Crippen molar-refractivity contribution in [3.8, 4) is 0 Å². The molecule has 0 aromatic rings. The summed E-state index contributed by atoms with van der Waals surface area (Å²) in [4.78, 5) is 23.1. The molecule has 0 aromatic heterocycles. The number of allylic oxidation sites excluding steroid dienone is 10. The maximum atomic E-state index is 12.8. The van der Waals surface area contributed by atoms with Gasteiger partial charge in [0.2, 0.25) is 5.91 Å². The normalized spacial score (nSPS) is 15.1. The second-order valence-corrected chi connectivity index (χ2v) is 16.8. The van der Waals surface area contributed by atoms with E-state index in [2.05, 4.69) is 79.9 Å². The van der Waals surface area contributed by atoms with Crippen LogP contribution in [0.2, 0.25) is 0 Å². The van der Waals surface area contributed by atoms with Crippen molar-refractivity contribution >= 4 is 13.7 Å². The molecule has 0 fully saturated rings. The standard InChI is InChI=1S/C44H81N2O6P/c1-6-8-10-12-14-16-18-20-22-23-24-26-28-30-32-34-36-38-44(48)45-42(41-52-53(49,50)51-40-39-46(3,4)5)43(47)37-35-33-31-29-27-25-21-19-17-15-13-11-9-7-2/h8,10,14,16,20,22,24,26,30,32,42-43,47H,6-7,9,11-13,15,17-19,21,23,25,27-29,31,33-41H2,1-5H3,(H-,45,48,49,50)/p+1/b10-8-,16-14-,22-20-,26-24-,32-30-. The molecular formula is C44H82N2O6P+. The van der Waals surface area contributed by atoms with Gasteiger partial charge in [0.1, 0.15) is 13.2 Å². The lowest BCUT2D eigenvalue weighted by Crippen LogP contribution is -2.46. The number of nitrogens with one attached hydrogen (secondary N) is 1. The zero-order valence-electron chi connectivity index (χ0n) is 34.7. The molecule has 53 heavy (non-hydrogen) atoms. The summed E-state index contributed by atoms with van der Waals surface area (Å²) in [6, 6.07) is -0.791. The second-order valence-electron chi connectivity index (χ2n) is 15.3. The van der Waals surface area contributed by atoms with Crippen LogP contribution in [-0.4, -0.2) is 73.4 Å². The third-order valence-electron chi connectivity index (χ3n) is 9.03. The molecule has 0 aliphatic heterocycles. The van der Waals surface area contributed by atoms with Gasteiger partial charge in [-0.1, -0.05) is 164 Å². The summed E-state index contributed by atoms with van der Waals surface area (Å²) in [5, 5.41) is 13.9. The Bertz CT molecular complexity index is 1050. The molecule has 3 N–H and O–H groups in total. The van der Waals surface area contributed by atoms with Crippen molar-refractivity contribution in [1.29, 1.82) is 0 Å². The number of rotatable bonds is 37. The quantitative estimate of drug-likeness (QED) is 0.0252. The van der Waals surface area contributed by atoms with Crippen LogP contribution in [-0.2, 0) is 18.4 Å². The van der Waals surface area contributed by atoms with Crippen LogP contribution >= 0.6 is 7.82 Å². The molecule has 8 nitrogen and oxygen atoms in total. The third-order valence-corrected chi connectivity index (χ3v) is 10.0. The Morgan fingerprint density at radius 1 is 0.660 bits per heavy atom. The van der Waals surface area contributed by atoms with Crippen LogP contribution in [0.3, 0.4) is 0 Å². The highest BCUT2D eigenvalue weighted by Gasteiger charge is 2.28. The number of carbonyl (C=O) groups excluding carboxylic acids is 1. The summed E-state index contributed by atoms with van der Waals surface area (Å²) >= 11 is 0. The minimum Gasteiger partial charge on any atom is -0.391 e. The van der Waals surface area contributed by atoms with Crippen LogP contribution in [0.15, 0.2) is 60.8 Å². The number of amides is 1. The summed E-state index contributed by atoms with van der Waals surface area (Å²) in [6.07, 6.45) is 45.4. The molecule has 0 saturated carbocycles. The summed E-state index contributed by atoms with van der Waals surface area (Å²) in [6.45, 7) is 4.71. The minimum atomic E-state index is -4.33.